The van der Waals surface area contributed by atoms with Crippen molar-refractivity contribution in [3.8, 4) is 40.3 Å². The molecule has 0 radical (unpaired) electrons. The third-order valence-corrected chi connectivity index (χ3v) is 7.54. The summed E-state index contributed by atoms with van der Waals surface area (Å²) in [5.74, 6) is 0.195. The van der Waals surface area contributed by atoms with E-state index in [9.17, 15) is 10.1 Å². The van der Waals surface area contributed by atoms with Crippen molar-refractivity contribution in [1.29, 1.82) is 10.5 Å². The molecule has 3 heterocycles. The van der Waals surface area contributed by atoms with Gasteiger partial charge in [-0.3, -0.25) is 0 Å². The summed E-state index contributed by atoms with van der Waals surface area (Å²) in [5.41, 5.74) is 5.77. The standard InChI is InChI=1S/C28H18N6O2Se/c1-16-11-20(21-12-18(14-30)5-10-25(21)36-2)22(15-31-16)26(35)34-28-33-24-9-8-23(32-27(24)37-28)19-6-3-17(13-29)4-7-19/h3-12,15H,1-2H3,(H,33,34,35). The van der Waals surface area contributed by atoms with E-state index in [1.165, 1.54) is 6.20 Å². The van der Waals surface area contributed by atoms with E-state index < -0.39 is 0 Å². The number of ether oxygens (including phenoxy) is 1. The molecule has 5 rings (SSSR count). The van der Waals surface area contributed by atoms with Crippen LogP contribution in [0.2, 0.25) is 0 Å². The van der Waals surface area contributed by atoms with Crippen molar-refractivity contribution in [1.82, 2.24) is 15.0 Å². The van der Waals surface area contributed by atoms with Crippen molar-refractivity contribution in [2.75, 3.05) is 12.4 Å². The maximum absolute atomic E-state index is 13.4. The van der Waals surface area contributed by atoms with Crippen LogP contribution >= 0.6 is 0 Å². The van der Waals surface area contributed by atoms with Crippen LogP contribution in [0.1, 0.15) is 27.2 Å². The quantitative estimate of drug-likeness (QED) is 0.314. The second-order valence-electron chi connectivity index (χ2n) is 8.08. The molecule has 0 aliphatic carbocycles. The zero-order chi connectivity index (χ0) is 25.9. The fourth-order valence-electron chi connectivity index (χ4n) is 3.86. The number of fused-ring (bicyclic) bond motifs is 1. The molecule has 0 saturated heterocycles. The Labute approximate surface area is 218 Å². The van der Waals surface area contributed by atoms with E-state index in [1.54, 1.807) is 43.5 Å². The first-order valence-electron chi connectivity index (χ1n) is 11.1. The third kappa shape index (κ3) is 4.82. The Balaban J connectivity index is 1.48. The predicted molar refractivity (Wildman–Crippen MR) is 140 cm³/mol. The zero-order valence-electron chi connectivity index (χ0n) is 19.8. The molecule has 0 spiro atoms. The number of nitrogens with one attached hydrogen (secondary N) is 1. The normalized spacial score (nSPS) is 10.5. The first kappa shape index (κ1) is 23.9. The summed E-state index contributed by atoms with van der Waals surface area (Å²) in [6.45, 7) is 1.84. The molecule has 0 bridgehead atoms. The number of carbonyl (C=O) groups excluding carboxylic acids is 1. The minimum absolute atomic E-state index is 0.301. The van der Waals surface area contributed by atoms with Crippen LogP contribution in [-0.4, -0.2) is 42.5 Å². The van der Waals surface area contributed by atoms with Crippen LogP contribution in [0.5, 0.6) is 5.75 Å². The summed E-state index contributed by atoms with van der Waals surface area (Å²) in [6, 6.07) is 22.1. The van der Waals surface area contributed by atoms with Gasteiger partial charge in [0.25, 0.3) is 0 Å². The number of carbonyl (C=O) groups is 1. The van der Waals surface area contributed by atoms with Gasteiger partial charge in [-0.1, -0.05) is 0 Å². The van der Waals surface area contributed by atoms with Gasteiger partial charge in [0.15, 0.2) is 0 Å². The summed E-state index contributed by atoms with van der Waals surface area (Å²) in [6.07, 6.45) is 1.52. The van der Waals surface area contributed by atoms with E-state index in [0.29, 0.717) is 38.3 Å². The first-order chi connectivity index (χ1) is 18.0. The van der Waals surface area contributed by atoms with Gasteiger partial charge in [0.1, 0.15) is 0 Å². The topological polar surface area (TPSA) is 125 Å². The number of nitrogens with zero attached hydrogens (tertiary/aromatic N) is 5. The Morgan fingerprint density at radius 1 is 0.946 bits per heavy atom. The van der Waals surface area contributed by atoms with Crippen LogP contribution in [0.3, 0.4) is 0 Å². The fourth-order valence-corrected chi connectivity index (χ4v) is 5.61. The third-order valence-electron chi connectivity index (χ3n) is 5.69. The molecule has 9 heteroatoms. The number of methoxy groups -OCH3 is 1. The van der Waals surface area contributed by atoms with Gasteiger partial charge in [0.2, 0.25) is 0 Å². The molecule has 0 saturated carbocycles. The molecule has 0 aliphatic rings. The number of amides is 1. The Morgan fingerprint density at radius 3 is 2.43 bits per heavy atom. The van der Waals surface area contributed by atoms with Crippen molar-refractivity contribution in [2.45, 2.75) is 6.92 Å². The molecule has 0 atom stereocenters. The number of hydrogen-bond acceptors (Lipinski definition) is 7. The van der Waals surface area contributed by atoms with E-state index >= 15 is 0 Å². The van der Waals surface area contributed by atoms with Gasteiger partial charge in [-0.2, -0.15) is 0 Å². The van der Waals surface area contributed by atoms with E-state index in [0.717, 1.165) is 26.9 Å². The van der Waals surface area contributed by atoms with Crippen LogP contribution in [0.4, 0.5) is 4.69 Å². The van der Waals surface area contributed by atoms with Crippen molar-refractivity contribution in [3.63, 3.8) is 0 Å². The number of anilines is 1. The van der Waals surface area contributed by atoms with Gasteiger partial charge in [-0.25, -0.2) is 0 Å². The van der Waals surface area contributed by atoms with Crippen molar-refractivity contribution < 1.29 is 9.53 Å². The number of benzene rings is 2. The molecule has 3 aromatic heterocycles. The van der Waals surface area contributed by atoms with E-state index in [2.05, 4.69) is 27.4 Å². The van der Waals surface area contributed by atoms with Crippen molar-refractivity contribution in [2.24, 2.45) is 0 Å². The number of aryl methyl sites for hydroxylation is 1. The van der Waals surface area contributed by atoms with Crippen LogP contribution in [0.25, 0.3) is 32.3 Å². The summed E-state index contributed by atoms with van der Waals surface area (Å²) in [5, 5.41) is 21.3. The molecule has 1 amide bonds. The predicted octanol–water partition coefficient (Wildman–Crippen LogP) is 4.73. The van der Waals surface area contributed by atoms with Gasteiger partial charge in [0, 0.05) is 0 Å². The summed E-state index contributed by atoms with van der Waals surface area (Å²) in [7, 11) is 1.55. The summed E-state index contributed by atoms with van der Waals surface area (Å²) in [4.78, 5) is 27.0. The monoisotopic (exact) mass is 550 g/mol. The Bertz CT molecular complexity index is 1750. The van der Waals surface area contributed by atoms with E-state index in [1.807, 2.05) is 31.2 Å². The van der Waals surface area contributed by atoms with Gasteiger partial charge in [-0.05, 0) is 0 Å². The molecule has 2 aromatic carbocycles. The maximum atomic E-state index is 13.4. The molecule has 37 heavy (non-hydrogen) atoms. The van der Waals surface area contributed by atoms with Gasteiger partial charge < -0.3 is 0 Å². The van der Waals surface area contributed by atoms with Crippen LogP contribution in [0.15, 0.2) is 66.9 Å². The average molecular weight is 549 g/mol. The Kier molecular flexibility index (Phi) is 6.49. The van der Waals surface area contributed by atoms with Crippen LogP contribution in [0, 0.1) is 29.6 Å². The number of hydrogen-bond donors (Lipinski definition) is 1. The number of rotatable bonds is 5. The van der Waals surface area contributed by atoms with Gasteiger partial charge in [-0.15, -0.1) is 0 Å². The van der Waals surface area contributed by atoms with Crippen LogP contribution < -0.4 is 10.1 Å². The summed E-state index contributed by atoms with van der Waals surface area (Å²) >= 11 is -0.301. The SMILES string of the molecule is COc1ccc(C#N)cc1-c1cc(C)ncc1C(=O)Nc1nc2ccc(-c3ccc(C#N)cc3)nc2[se]1. The minimum atomic E-state index is -0.354. The van der Waals surface area contributed by atoms with Gasteiger partial charge in [0.05, 0.1) is 0 Å². The molecular weight excluding hydrogens is 531 g/mol. The zero-order valence-corrected chi connectivity index (χ0v) is 21.5. The molecule has 0 fully saturated rings. The van der Waals surface area contributed by atoms with E-state index in [4.69, 9.17) is 15.0 Å². The second kappa shape index (κ2) is 10.0. The van der Waals surface area contributed by atoms with Crippen molar-refractivity contribution >= 4 is 35.0 Å². The molecule has 5 aromatic rings. The Hall–Kier alpha value is -4.82. The first-order valence-corrected chi connectivity index (χ1v) is 12.8. The van der Waals surface area contributed by atoms with Crippen molar-refractivity contribution in [3.05, 3.63) is 89.2 Å². The number of aromatic nitrogens is 3. The molecule has 178 valence electrons. The molecular formula is C28H18N6O2Se. The molecule has 1 N–H and O–H groups in total. The molecule has 8 nitrogen and oxygen atoms in total. The second-order valence-corrected chi connectivity index (χ2v) is 10.1. The van der Waals surface area contributed by atoms with Crippen LogP contribution in [-0.2, 0) is 0 Å². The molecule has 0 aliphatic heterocycles. The average Bonchev–Trinajstić information content (AvgIpc) is 3.34. The molecule has 0 unspecified atom stereocenters. The van der Waals surface area contributed by atoms with E-state index in [-0.39, 0.29) is 20.4 Å². The van der Waals surface area contributed by atoms with Gasteiger partial charge >= 0.3 is 219 Å². The fraction of sp³-hybridized carbons (Fsp3) is 0.0714. The Morgan fingerprint density at radius 2 is 1.70 bits per heavy atom. The number of pyridine rings is 2. The summed E-state index contributed by atoms with van der Waals surface area (Å²) < 4.78 is 6.86. The number of nitriles is 2.